The summed E-state index contributed by atoms with van der Waals surface area (Å²) in [5.74, 6) is -0.633. The molecule has 96 heavy (non-hydrogen) atoms. The van der Waals surface area contributed by atoms with Crippen LogP contribution in [0, 0.1) is 11.8 Å². The van der Waals surface area contributed by atoms with Crippen LogP contribution in [0.5, 0.6) is 0 Å². The van der Waals surface area contributed by atoms with E-state index in [4.69, 9.17) is 37.0 Å². The van der Waals surface area contributed by atoms with Crippen molar-refractivity contribution in [2.24, 2.45) is 11.8 Å². The second-order valence-corrected chi connectivity index (χ2v) is 31.6. The van der Waals surface area contributed by atoms with Gasteiger partial charge in [-0.2, -0.15) is 0 Å². The van der Waals surface area contributed by atoms with Gasteiger partial charge in [0.05, 0.1) is 26.4 Å². The van der Waals surface area contributed by atoms with E-state index in [2.05, 4.69) is 41.5 Å². The van der Waals surface area contributed by atoms with E-state index >= 15 is 0 Å². The van der Waals surface area contributed by atoms with Crippen LogP contribution in [0.2, 0.25) is 0 Å². The largest absolute Gasteiger partial charge is 0.472 e. The van der Waals surface area contributed by atoms with Gasteiger partial charge in [0.2, 0.25) is 0 Å². The van der Waals surface area contributed by atoms with Gasteiger partial charge in [0.25, 0.3) is 0 Å². The maximum Gasteiger partial charge on any atom is 0.472 e. The van der Waals surface area contributed by atoms with Crippen molar-refractivity contribution in [1.82, 2.24) is 0 Å². The second kappa shape index (κ2) is 68.8. The highest BCUT2D eigenvalue weighted by Gasteiger charge is 2.30. The van der Waals surface area contributed by atoms with Crippen LogP contribution in [-0.4, -0.2) is 96.7 Å². The molecule has 0 saturated carbocycles. The summed E-state index contributed by atoms with van der Waals surface area (Å²) in [6.45, 7) is 9.57. The summed E-state index contributed by atoms with van der Waals surface area (Å²) in [5, 5.41) is 10.6. The predicted octanol–water partition coefficient (Wildman–Crippen LogP) is 22.7. The molecule has 2 unspecified atom stereocenters. The molecular weight excluding hydrogens is 1260 g/mol. The molecule has 19 heteroatoms. The highest BCUT2D eigenvalue weighted by Crippen LogP contribution is 2.45. The van der Waals surface area contributed by atoms with Gasteiger partial charge in [-0.1, -0.05) is 350 Å². The molecule has 0 heterocycles. The lowest BCUT2D eigenvalue weighted by atomic mass is 10.0. The maximum atomic E-state index is 13.1. The molecule has 0 aromatic heterocycles. The van der Waals surface area contributed by atoms with Crippen LogP contribution < -0.4 is 0 Å². The Kier molecular flexibility index (Phi) is 67.4. The van der Waals surface area contributed by atoms with Gasteiger partial charge in [0, 0.05) is 25.7 Å². The molecule has 0 aliphatic carbocycles. The Morgan fingerprint density at radius 2 is 0.479 bits per heavy atom. The van der Waals surface area contributed by atoms with Crippen LogP contribution in [0.3, 0.4) is 0 Å². The summed E-state index contributed by atoms with van der Waals surface area (Å²) in [4.78, 5) is 72.9. The van der Waals surface area contributed by atoms with E-state index in [-0.39, 0.29) is 25.7 Å². The fraction of sp³-hybridized carbons (Fsp3) is 0.948. The molecule has 570 valence electrons. The monoisotopic (exact) mass is 1410 g/mol. The highest BCUT2D eigenvalue weighted by atomic mass is 31.2. The van der Waals surface area contributed by atoms with E-state index < -0.39 is 97.5 Å². The zero-order chi connectivity index (χ0) is 70.7. The number of hydrogen-bond donors (Lipinski definition) is 3. The minimum absolute atomic E-state index is 0.105. The first-order chi connectivity index (χ1) is 46.4. The van der Waals surface area contributed by atoms with Crippen LogP contribution in [0.1, 0.15) is 401 Å². The Morgan fingerprint density at radius 1 is 0.281 bits per heavy atom. The molecule has 0 radical (unpaired) electrons. The first kappa shape index (κ1) is 94.1. The Hall–Kier alpha value is -1.94. The van der Waals surface area contributed by atoms with E-state index in [0.29, 0.717) is 25.7 Å². The number of esters is 4. The summed E-state index contributed by atoms with van der Waals surface area (Å²) < 4.78 is 68.6. The van der Waals surface area contributed by atoms with Gasteiger partial charge in [0.1, 0.15) is 19.3 Å². The average molecular weight is 1410 g/mol. The second-order valence-electron chi connectivity index (χ2n) is 28.7. The summed E-state index contributed by atoms with van der Waals surface area (Å²) >= 11 is 0. The van der Waals surface area contributed by atoms with Gasteiger partial charge in [-0.15, -0.1) is 0 Å². The molecule has 0 fully saturated rings. The third-order valence-electron chi connectivity index (χ3n) is 18.0. The Labute approximate surface area is 588 Å². The lowest BCUT2D eigenvalue weighted by Crippen LogP contribution is -2.30. The summed E-state index contributed by atoms with van der Waals surface area (Å²) in [6, 6.07) is 0. The fourth-order valence-corrected chi connectivity index (χ4v) is 13.4. The predicted molar refractivity (Wildman–Crippen MR) is 391 cm³/mol. The van der Waals surface area contributed by atoms with Crippen molar-refractivity contribution < 1.29 is 80.2 Å². The lowest BCUT2D eigenvalue weighted by molar-refractivity contribution is -0.161. The molecule has 5 atom stereocenters. The van der Waals surface area contributed by atoms with Crippen molar-refractivity contribution in [3.63, 3.8) is 0 Å². The number of phosphoric ester groups is 2. The van der Waals surface area contributed by atoms with Crippen LogP contribution >= 0.6 is 15.6 Å². The minimum Gasteiger partial charge on any atom is -0.462 e. The quantitative estimate of drug-likeness (QED) is 0.0222. The van der Waals surface area contributed by atoms with Gasteiger partial charge in [-0.25, -0.2) is 9.13 Å². The highest BCUT2D eigenvalue weighted by molar-refractivity contribution is 7.47. The number of hydrogen-bond acceptors (Lipinski definition) is 15. The van der Waals surface area contributed by atoms with Crippen LogP contribution in [0.25, 0.3) is 0 Å². The zero-order valence-corrected chi connectivity index (χ0v) is 64.5. The maximum absolute atomic E-state index is 13.1. The van der Waals surface area contributed by atoms with Crippen molar-refractivity contribution >= 4 is 39.5 Å². The van der Waals surface area contributed by atoms with Crippen LogP contribution in [0.4, 0.5) is 0 Å². The van der Waals surface area contributed by atoms with Gasteiger partial charge in [-0.3, -0.25) is 37.3 Å². The normalized spacial score (nSPS) is 14.0. The lowest BCUT2D eigenvalue weighted by Gasteiger charge is -2.21. The molecule has 0 aliphatic heterocycles. The number of unbranched alkanes of at least 4 members (excludes halogenated alkanes) is 46. The van der Waals surface area contributed by atoms with Crippen LogP contribution in [0.15, 0.2) is 0 Å². The van der Waals surface area contributed by atoms with Crippen molar-refractivity contribution in [2.45, 2.75) is 419 Å². The van der Waals surface area contributed by atoms with Crippen molar-refractivity contribution in [1.29, 1.82) is 0 Å². The van der Waals surface area contributed by atoms with Gasteiger partial charge in [0.15, 0.2) is 12.2 Å². The average Bonchev–Trinajstić information content (AvgIpc) is 1.51. The minimum atomic E-state index is -4.96. The molecule has 17 nitrogen and oxygen atoms in total. The molecule has 0 rings (SSSR count). The first-order valence-electron chi connectivity index (χ1n) is 40.0. The van der Waals surface area contributed by atoms with E-state index in [9.17, 15) is 43.2 Å². The molecular formula is C77H150O17P2. The Balaban J connectivity index is 5.26. The number of aliphatic hydroxyl groups is 1. The van der Waals surface area contributed by atoms with Crippen LogP contribution in [-0.2, 0) is 65.4 Å². The van der Waals surface area contributed by atoms with Crippen molar-refractivity contribution in [3.8, 4) is 0 Å². The van der Waals surface area contributed by atoms with Gasteiger partial charge < -0.3 is 33.8 Å². The molecule has 0 bridgehead atoms. The number of aliphatic hydroxyl groups excluding tert-OH is 1. The summed E-state index contributed by atoms with van der Waals surface area (Å²) in [7, 11) is -9.91. The molecule has 0 aliphatic rings. The summed E-state index contributed by atoms with van der Waals surface area (Å²) in [5.41, 5.74) is 0. The van der Waals surface area contributed by atoms with E-state index in [1.54, 1.807) is 0 Å². The molecule has 3 N–H and O–H groups in total. The standard InChI is InChI=1S/C77H150O17P2/c1-7-9-11-13-15-17-19-21-23-24-26-28-30-36-43-49-55-61-76(81)93-72(65-87-74(79)59-53-47-41-35-29-27-25-22-20-18-16-14-12-10-8-2)67-91-95(83,84)89-63-71(78)64-90-96(85,86)92-68-73(94-77(82)62-56-50-44-38-32-34-40-46-52-58-70(5)6)66-88-75(80)60-54-48-42-37-31-33-39-45-51-57-69(3)4/h69-73,78H,7-68H2,1-6H3,(H,83,84)(H,85,86)/t71-,72-,73-/m1/s1. The van der Waals surface area contributed by atoms with Gasteiger partial charge in [-0.05, 0) is 37.5 Å². The number of carbonyl (C=O) groups excluding carboxylic acids is 4. The van der Waals surface area contributed by atoms with E-state index in [1.165, 1.54) is 218 Å². The number of phosphoric acid groups is 2. The topological polar surface area (TPSA) is 237 Å². The SMILES string of the molecule is CCCCCCCCCCCCCCCCCCCC(=O)O[C@H](COC(=O)CCCCCCCCCCCCCCCCC)COP(=O)(O)OC[C@@H](O)COP(=O)(O)OC[C@@H](COC(=O)CCCCCCCCCCCC(C)C)OC(=O)CCCCCCCCCCCC(C)C. The number of carbonyl (C=O) groups is 4. The molecule has 0 saturated heterocycles. The van der Waals surface area contributed by atoms with E-state index in [1.807, 2.05) is 0 Å². The fourth-order valence-electron chi connectivity index (χ4n) is 11.8. The molecule has 0 spiro atoms. The Morgan fingerprint density at radius 3 is 0.708 bits per heavy atom. The molecule has 0 amide bonds. The van der Waals surface area contributed by atoms with Crippen molar-refractivity contribution in [2.75, 3.05) is 39.6 Å². The van der Waals surface area contributed by atoms with Crippen molar-refractivity contribution in [3.05, 3.63) is 0 Å². The smallest absolute Gasteiger partial charge is 0.462 e. The molecule has 0 aromatic rings. The zero-order valence-electron chi connectivity index (χ0n) is 62.7. The third kappa shape index (κ3) is 70.5. The van der Waals surface area contributed by atoms with Gasteiger partial charge >= 0.3 is 39.5 Å². The molecule has 0 aromatic carbocycles. The van der Waals surface area contributed by atoms with E-state index in [0.717, 1.165) is 102 Å². The Bertz CT molecular complexity index is 1860. The number of ether oxygens (including phenoxy) is 4. The third-order valence-corrected chi connectivity index (χ3v) is 19.9. The number of rotatable bonds is 76. The summed E-state index contributed by atoms with van der Waals surface area (Å²) in [6.07, 6.45) is 56.8. The first-order valence-corrected chi connectivity index (χ1v) is 43.0.